The van der Waals surface area contributed by atoms with Gasteiger partial charge in [0.1, 0.15) is 6.10 Å². The Morgan fingerprint density at radius 1 is 1.25 bits per heavy atom. The topological polar surface area (TPSA) is 73.2 Å². The van der Waals surface area contributed by atoms with E-state index >= 15 is 0 Å². The Kier molecular flexibility index (Phi) is 4.96. The number of aromatic hydroxyl groups is 1. The maximum Gasteiger partial charge on any atom is 0.246 e. The summed E-state index contributed by atoms with van der Waals surface area (Å²) >= 11 is 1.67. The van der Waals surface area contributed by atoms with Crippen LogP contribution in [0.2, 0.25) is 0 Å². The lowest BCUT2D eigenvalue weighted by Crippen LogP contribution is -2.78. The van der Waals surface area contributed by atoms with Crippen molar-refractivity contribution < 1.29 is 19.7 Å². The number of hydrogen-bond donors (Lipinski definition) is 2. The number of hydrogen-bond acceptors (Lipinski definition) is 6. The molecule has 2 bridgehead atoms. The monoisotopic (exact) mass is 506 g/mol. The highest BCUT2D eigenvalue weighted by molar-refractivity contribution is 7.12. The first-order valence-corrected chi connectivity index (χ1v) is 14.1. The van der Waals surface area contributed by atoms with E-state index in [-0.39, 0.29) is 29.8 Å². The first-order chi connectivity index (χ1) is 17.3. The van der Waals surface area contributed by atoms with Crippen LogP contribution in [0.4, 0.5) is 0 Å². The Balaban J connectivity index is 1.26. The smallest absolute Gasteiger partial charge is 0.246 e. The normalized spacial score (nSPS) is 34.5. The molecule has 3 aliphatic carbocycles. The van der Waals surface area contributed by atoms with Gasteiger partial charge in [-0.3, -0.25) is 9.69 Å². The van der Waals surface area contributed by atoms with Gasteiger partial charge in [0.2, 0.25) is 5.91 Å². The molecular formula is C29H34N2O4S. The average Bonchev–Trinajstić information content (AvgIpc) is 3.46. The SMILES string of the molecule is Cc1ccc(/C=C/C(=O)N(C)[C@H]2CC[C@@]3(O)[C@H]4Cc5ccc(O)c6c5[C@@]3(CCN4CC3CC3)[C@H]2O6)s1. The van der Waals surface area contributed by atoms with E-state index in [1.165, 1.54) is 23.3 Å². The van der Waals surface area contributed by atoms with E-state index in [1.807, 2.05) is 25.3 Å². The first-order valence-electron chi connectivity index (χ1n) is 13.3. The second-order valence-electron chi connectivity index (χ2n) is 11.6. The van der Waals surface area contributed by atoms with E-state index in [1.54, 1.807) is 28.4 Å². The number of phenolic OH excluding ortho intramolecular Hbond substituents is 1. The van der Waals surface area contributed by atoms with Gasteiger partial charge in [-0.25, -0.2) is 0 Å². The van der Waals surface area contributed by atoms with Gasteiger partial charge in [-0.2, -0.15) is 0 Å². The molecule has 190 valence electrons. The van der Waals surface area contributed by atoms with Gasteiger partial charge < -0.3 is 19.8 Å². The Hall–Kier alpha value is -2.35. The average molecular weight is 507 g/mol. The van der Waals surface area contributed by atoms with E-state index in [9.17, 15) is 15.0 Å². The van der Waals surface area contributed by atoms with Crippen molar-refractivity contribution >= 4 is 23.3 Å². The van der Waals surface area contributed by atoms with Crippen molar-refractivity contribution in [3.8, 4) is 11.5 Å². The minimum atomic E-state index is -0.929. The Morgan fingerprint density at radius 3 is 2.83 bits per heavy atom. The van der Waals surface area contributed by atoms with Crippen molar-refractivity contribution in [3.05, 3.63) is 51.2 Å². The van der Waals surface area contributed by atoms with Gasteiger partial charge in [0.15, 0.2) is 11.5 Å². The van der Waals surface area contributed by atoms with Crippen LogP contribution in [0.5, 0.6) is 11.5 Å². The molecule has 7 rings (SSSR count). The molecule has 6 nitrogen and oxygen atoms in total. The number of carbonyl (C=O) groups excluding carboxylic acids is 1. The number of nitrogens with zero attached hydrogens (tertiary/aromatic N) is 2. The van der Waals surface area contributed by atoms with Crippen LogP contribution in [0.3, 0.4) is 0 Å². The molecule has 2 aromatic rings. The lowest BCUT2D eigenvalue weighted by molar-refractivity contribution is -0.200. The van der Waals surface area contributed by atoms with Gasteiger partial charge >= 0.3 is 0 Å². The molecule has 5 aliphatic rings. The third-order valence-electron chi connectivity index (χ3n) is 9.73. The van der Waals surface area contributed by atoms with E-state index in [4.69, 9.17) is 4.74 Å². The summed E-state index contributed by atoms with van der Waals surface area (Å²) in [6.07, 6.45) is 8.61. The number of amides is 1. The standard InChI is InChI=1S/C29H34N2O4S/c1-17-3-7-20(36-17)8-10-24(33)30(2)21-11-12-29(34)23-15-19-6-9-22(32)26-25(19)28(29,27(21)35-26)13-14-31(23)16-18-4-5-18/h3,6-10,18,21,23,27,32,34H,4-5,11-16H2,1-2H3/b10-8+/t21-,23+,27-,28-,29+/m0/s1. The Labute approximate surface area is 216 Å². The molecule has 36 heavy (non-hydrogen) atoms. The van der Waals surface area contributed by atoms with Crippen LogP contribution in [0.25, 0.3) is 6.08 Å². The minimum Gasteiger partial charge on any atom is -0.504 e. The molecule has 2 saturated carbocycles. The fraction of sp³-hybridized carbons (Fsp3) is 0.552. The minimum absolute atomic E-state index is 0.0462. The molecule has 2 N–H and O–H groups in total. The highest BCUT2D eigenvalue weighted by Gasteiger charge is 2.73. The third-order valence-corrected chi connectivity index (χ3v) is 10.7. The quantitative estimate of drug-likeness (QED) is 0.603. The van der Waals surface area contributed by atoms with Gasteiger partial charge in [-0.1, -0.05) is 6.07 Å². The number of rotatable bonds is 5. The highest BCUT2D eigenvalue weighted by atomic mass is 32.1. The molecule has 2 aliphatic heterocycles. The van der Waals surface area contributed by atoms with Gasteiger partial charge in [-0.05, 0) is 87.7 Å². The van der Waals surface area contributed by atoms with Crippen molar-refractivity contribution in [1.29, 1.82) is 0 Å². The zero-order chi connectivity index (χ0) is 24.8. The largest absolute Gasteiger partial charge is 0.504 e. The van der Waals surface area contributed by atoms with Crippen LogP contribution in [-0.2, 0) is 16.6 Å². The molecule has 3 fully saturated rings. The number of likely N-dealkylation sites (tertiary alicyclic amines) is 1. The summed E-state index contributed by atoms with van der Waals surface area (Å²) in [6.45, 7) is 4.04. The van der Waals surface area contributed by atoms with Crippen LogP contribution in [0.15, 0.2) is 30.3 Å². The second kappa shape index (κ2) is 7.83. The molecule has 1 aromatic heterocycles. The van der Waals surface area contributed by atoms with E-state index in [2.05, 4.69) is 17.9 Å². The number of likely N-dealkylation sites (N-methyl/N-ethyl adjacent to an activating group) is 1. The fourth-order valence-electron chi connectivity index (χ4n) is 7.83. The maximum absolute atomic E-state index is 13.3. The number of ether oxygens (including phenoxy) is 1. The third kappa shape index (κ3) is 3.06. The summed E-state index contributed by atoms with van der Waals surface area (Å²) in [5.41, 5.74) is 0.656. The number of phenols is 1. The van der Waals surface area contributed by atoms with Crippen molar-refractivity contribution in [2.75, 3.05) is 20.1 Å². The fourth-order valence-corrected chi connectivity index (χ4v) is 8.61. The molecule has 1 saturated heterocycles. The van der Waals surface area contributed by atoms with E-state index < -0.39 is 11.0 Å². The summed E-state index contributed by atoms with van der Waals surface area (Å²) in [5, 5.41) is 23.4. The number of aliphatic hydroxyl groups is 1. The van der Waals surface area contributed by atoms with Crippen LogP contribution in [-0.4, -0.2) is 69.8 Å². The lowest BCUT2D eigenvalue weighted by Gasteiger charge is -2.64. The van der Waals surface area contributed by atoms with Crippen LogP contribution >= 0.6 is 11.3 Å². The van der Waals surface area contributed by atoms with Crippen LogP contribution in [0, 0.1) is 12.8 Å². The van der Waals surface area contributed by atoms with Gasteiger partial charge in [0.25, 0.3) is 0 Å². The van der Waals surface area contributed by atoms with E-state index in [0.717, 1.165) is 42.3 Å². The number of benzene rings is 1. The highest BCUT2D eigenvalue weighted by Crippen LogP contribution is 2.66. The summed E-state index contributed by atoms with van der Waals surface area (Å²) in [7, 11) is 1.85. The predicted octanol–water partition coefficient (Wildman–Crippen LogP) is 3.87. The first kappa shape index (κ1) is 22.8. The summed E-state index contributed by atoms with van der Waals surface area (Å²) in [6, 6.07) is 7.72. The van der Waals surface area contributed by atoms with Crippen molar-refractivity contribution in [2.24, 2.45) is 5.92 Å². The molecule has 0 unspecified atom stereocenters. The summed E-state index contributed by atoms with van der Waals surface area (Å²) in [5.74, 6) is 1.37. The zero-order valence-electron chi connectivity index (χ0n) is 20.9. The molecule has 3 heterocycles. The number of carbonyl (C=O) groups is 1. The predicted molar refractivity (Wildman–Crippen MR) is 139 cm³/mol. The maximum atomic E-state index is 13.3. The Morgan fingerprint density at radius 2 is 2.08 bits per heavy atom. The molecule has 1 spiro atoms. The summed E-state index contributed by atoms with van der Waals surface area (Å²) in [4.78, 5) is 19.9. The van der Waals surface area contributed by atoms with Crippen LogP contribution in [0.1, 0.15) is 53.0 Å². The second-order valence-corrected chi connectivity index (χ2v) is 12.9. The van der Waals surface area contributed by atoms with Gasteiger partial charge in [0.05, 0.1) is 17.1 Å². The van der Waals surface area contributed by atoms with Gasteiger partial charge in [-0.15, -0.1) is 11.3 Å². The zero-order valence-corrected chi connectivity index (χ0v) is 21.8. The molecule has 0 radical (unpaired) electrons. The van der Waals surface area contributed by atoms with Crippen molar-refractivity contribution in [2.45, 2.75) is 74.7 Å². The van der Waals surface area contributed by atoms with Crippen molar-refractivity contribution in [3.63, 3.8) is 0 Å². The van der Waals surface area contributed by atoms with E-state index in [0.29, 0.717) is 18.6 Å². The molecule has 1 aromatic carbocycles. The van der Waals surface area contributed by atoms with Gasteiger partial charge in [0, 0.05) is 41.0 Å². The molecule has 1 amide bonds. The number of aryl methyl sites for hydroxylation is 1. The lowest BCUT2D eigenvalue weighted by atomic mass is 9.48. The van der Waals surface area contributed by atoms with Crippen molar-refractivity contribution in [1.82, 2.24) is 9.80 Å². The molecule has 5 atom stereocenters. The summed E-state index contributed by atoms with van der Waals surface area (Å²) < 4.78 is 6.61. The molecule has 7 heteroatoms. The molecular weight excluding hydrogens is 472 g/mol. The number of thiophene rings is 1. The Bertz CT molecular complexity index is 1270. The van der Waals surface area contributed by atoms with Crippen LogP contribution < -0.4 is 4.74 Å². The number of piperidine rings is 1.